The van der Waals surface area contributed by atoms with Gasteiger partial charge in [0.15, 0.2) is 11.7 Å². The number of nitrogens with zero attached hydrogens (tertiary/aromatic N) is 3. The van der Waals surface area contributed by atoms with Crippen molar-refractivity contribution in [1.82, 2.24) is 14.9 Å². The number of benzene rings is 1. The largest absolute Gasteiger partial charge is 0.464 e. The average molecular weight is 447 g/mol. The van der Waals surface area contributed by atoms with Crippen LogP contribution >= 0.6 is 23.1 Å². The standard InChI is InChI=1S/C21H23ClN4O3S/c1-5-21(3,4)23-19(27)18(17-10-9-13(2)29-17)26(15-8-6-7-14(22)11-15)20(28)16-12-30-25-24-16/h6-12,18H,5H2,1-4H3,(H,23,27)/t18-/m1/s1. The number of rotatable bonds is 7. The molecule has 2 heterocycles. The van der Waals surface area contributed by atoms with E-state index in [0.717, 1.165) is 11.5 Å². The van der Waals surface area contributed by atoms with E-state index < -0.39 is 17.5 Å². The van der Waals surface area contributed by atoms with Crippen LogP contribution < -0.4 is 10.2 Å². The van der Waals surface area contributed by atoms with Gasteiger partial charge in [0.25, 0.3) is 11.8 Å². The third-order valence-electron chi connectivity index (χ3n) is 4.77. The lowest BCUT2D eigenvalue weighted by molar-refractivity contribution is -0.124. The van der Waals surface area contributed by atoms with E-state index in [0.29, 0.717) is 28.7 Å². The number of carbonyl (C=O) groups is 2. The summed E-state index contributed by atoms with van der Waals surface area (Å²) in [7, 11) is 0. The zero-order valence-electron chi connectivity index (χ0n) is 17.2. The van der Waals surface area contributed by atoms with Crippen LogP contribution in [0.15, 0.2) is 46.2 Å². The maximum atomic E-state index is 13.5. The number of aryl methyl sites for hydroxylation is 1. The van der Waals surface area contributed by atoms with Crippen LogP contribution in [0.3, 0.4) is 0 Å². The quantitative estimate of drug-likeness (QED) is 0.563. The Morgan fingerprint density at radius 2 is 2.07 bits per heavy atom. The van der Waals surface area contributed by atoms with Gasteiger partial charge in [-0.25, -0.2) is 0 Å². The summed E-state index contributed by atoms with van der Waals surface area (Å²) in [5.41, 5.74) is 0.113. The Morgan fingerprint density at radius 1 is 1.30 bits per heavy atom. The van der Waals surface area contributed by atoms with E-state index in [1.54, 1.807) is 43.3 Å². The van der Waals surface area contributed by atoms with E-state index in [4.69, 9.17) is 16.0 Å². The predicted molar refractivity (Wildman–Crippen MR) is 117 cm³/mol. The van der Waals surface area contributed by atoms with Gasteiger partial charge in [-0.05, 0) is 69.1 Å². The molecule has 9 heteroatoms. The molecule has 0 aliphatic rings. The zero-order valence-corrected chi connectivity index (χ0v) is 18.8. The average Bonchev–Trinajstić information content (AvgIpc) is 3.37. The number of furan rings is 1. The maximum absolute atomic E-state index is 13.5. The number of hydrogen-bond acceptors (Lipinski definition) is 6. The fourth-order valence-electron chi connectivity index (χ4n) is 2.86. The molecular formula is C21H23ClN4O3S. The normalized spacial score (nSPS) is 12.4. The second kappa shape index (κ2) is 8.97. The highest BCUT2D eigenvalue weighted by Gasteiger charge is 2.38. The molecule has 0 aliphatic carbocycles. The van der Waals surface area contributed by atoms with Crippen molar-refractivity contribution in [2.24, 2.45) is 0 Å². The van der Waals surface area contributed by atoms with Crippen LogP contribution in [0.25, 0.3) is 0 Å². The van der Waals surface area contributed by atoms with E-state index in [1.165, 1.54) is 10.3 Å². The minimum Gasteiger partial charge on any atom is -0.464 e. The Kier molecular flexibility index (Phi) is 6.58. The first-order chi connectivity index (χ1) is 14.2. The molecule has 30 heavy (non-hydrogen) atoms. The molecule has 3 aromatic rings. The molecule has 1 N–H and O–H groups in total. The molecule has 158 valence electrons. The van der Waals surface area contributed by atoms with Crippen molar-refractivity contribution >= 4 is 40.6 Å². The summed E-state index contributed by atoms with van der Waals surface area (Å²) in [5.74, 6) is 0.127. The van der Waals surface area contributed by atoms with Gasteiger partial charge in [0.1, 0.15) is 11.5 Å². The van der Waals surface area contributed by atoms with Crippen LogP contribution in [0, 0.1) is 6.92 Å². The summed E-state index contributed by atoms with van der Waals surface area (Å²) in [6, 6.07) is 9.15. The first-order valence-electron chi connectivity index (χ1n) is 9.46. The van der Waals surface area contributed by atoms with Crippen LogP contribution in [0.4, 0.5) is 5.69 Å². The summed E-state index contributed by atoms with van der Waals surface area (Å²) in [6.45, 7) is 7.61. The molecule has 0 saturated heterocycles. The highest BCUT2D eigenvalue weighted by atomic mass is 35.5. The van der Waals surface area contributed by atoms with Crippen LogP contribution in [-0.4, -0.2) is 26.9 Å². The highest BCUT2D eigenvalue weighted by Crippen LogP contribution is 2.32. The first kappa shape index (κ1) is 22.0. The number of anilines is 1. The van der Waals surface area contributed by atoms with E-state index in [-0.39, 0.29) is 11.6 Å². The molecule has 1 aromatic carbocycles. The van der Waals surface area contributed by atoms with Crippen LogP contribution in [-0.2, 0) is 4.79 Å². The summed E-state index contributed by atoms with van der Waals surface area (Å²) < 4.78 is 9.58. The molecule has 0 bridgehead atoms. The fraction of sp³-hybridized carbons (Fsp3) is 0.333. The monoisotopic (exact) mass is 446 g/mol. The molecule has 0 spiro atoms. The molecule has 0 radical (unpaired) electrons. The van der Waals surface area contributed by atoms with Crippen molar-refractivity contribution < 1.29 is 14.0 Å². The molecule has 0 fully saturated rings. The van der Waals surface area contributed by atoms with Gasteiger partial charge >= 0.3 is 0 Å². The molecule has 2 amide bonds. The first-order valence-corrected chi connectivity index (χ1v) is 10.7. The van der Waals surface area contributed by atoms with Gasteiger partial charge in [-0.1, -0.05) is 29.1 Å². The molecule has 0 aliphatic heterocycles. The smallest absolute Gasteiger partial charge is 0.280 e. The third kappa shape index (κ3) is 4.88. The van der Waals surface area contributed by atoms with Crippen molar-refractivity contribution in [2.75, 3.05) is 4.90 Å². The number of carbonyl (C=O) groups excluding carboxylic acids is 2. The highest BCUT2D eigenvalue weighted by molar-refractivity contribution is 7.03. The SMILES string of the molecule is CCC(C)(C)NC(=O)[C@@H](c1ccc(C)o1)N(C(=O)c1csnn1)c1cccc(Cl)c1. The molecule has 0 saturated carbocycles. The van der Waals surface area contributed by atoms with Gasteiger partial charge < -0.3 is 9.73 Å². The Bertz CT molecular complexity index is 1030. The lowest BCUT2D eigenvalue weighted by Crippen LogP contribution is -2.50. The van der Waals surface area contributed by atoms with E-state index in [2.05, 4.69) is 14.9 Å². The van der Waals surface area contributed by atoms with Crippen molar-refractivity contribution in [3.8, 4) is 0 Å². The van der Waals surface area contributed by atoms with Gasteiger partial charge in [0.2, 0.25) is 0 Å². The van der Waals surface area contributed by atoms with Crippen molar-refractivity contribution in [3.05, 3.63) is 64.0 Å². The van der Waals surface area contributed by atoms with Gasteiger partial charge in [0.05, 0.1) is 0 Å². The lowest BCUT2D eigenvalue weighted by Gasteiger charge is -2.33. The Hall–Kier alpha value is -2.71. The minimum atomic E-state index is -1.06. The van der Waals surface area contributed by atoms with Crippen LogP contribution in [0.2, 0.25) is 5.02 Å². The molecule has 2 aromatic heterocycles. The van der Waals surface area contributed by atoms with E-state index in [1.807, 2.05) is 20.8 Å². The Balaban J connectivity index is 2.15. The van der Waals surface area contributed by atoms with Crippen molar-refractivity contribution in [3.63, 3.8) is 0 Å². The number of aromatic nitrogens is 2. The van der Waals surface area contributed by atoms with E-state index >= 15 is 0 Å². The van der Waals surface area contributed by atoms with Crippen LogP contribution in [0.5, 0.6) is 0 Å². The second-order valence-electron chi connectivity index (χ2n) is 7.52. The number of hydrogen-bond donors (Lipinski definition) is 1. The van der Waals surface area contributed by atoms with E-state index in [9.17, 15) is 9.59 Å². The van der Waals surface area contributed by atoms with Crippen molar-refractivity contribution in [2.45, 2.75) is 45.7 Å². The number of halogens is 1. The second-order valence-corrected chi connectivity index (χ2v) is 8.57. The zero-order chi connectivity index (χ0) is 21.9. The minimum absolute atomic E-state index is 0.135. The summed E-state index contributed by atoms with van der Waals surface area (Å²) in [6.07, 6.45) is 0.712. The topological polar surface area (TPSA) is 88.3 Å². The van der Waals surface area contributed by atoms with Crippen LogP contribution in [0.1, 0.15) is 55.2 Å². The summed E-state index contributed by atoms with van der Waals surface area (Å²) in [4.78, 5) is 28.3. The molecule has 3 rings (SSSR count). The summed E-state index contributed by atoms with van der Waals surface area (Å²) in [5, 5.41) is 8.89. The number of amides is 2. The molecule has 7 nitrogen and oxygen atoms in total. The van der Waals surface area contributed by atoms with Gasteiger partial charge in [-0.3, -0.25) is 14.5 Å². The van der Waals surface area contributed by atoms with Gasteiger partial charge in [-0.15, -0.1) is 5.10 Å². The lowest BCUT2D eigenvalue weighted by atomic mass is 10.0. The molecular weight excluding hydrogens is 424 g/mol. The number of nitrogens with one attached hydrogen (secondary N) is 1. The molecule has 0 unspecified atom stereocenters. The third-order valence-corrected chi connectivity index (χ3v) is 5.51. The summed E-state index contributed by atoms with van der Waals surface area (Å²) >= 11 is 7.25. The Morgan fingerprint density at radius 3 is 2.63 bits per heavy atom. The maximum Gasteiger partial charge on any atom is 0.280 e. The Labute approximate surface area is 184 Å². The van der Waals surface area contributed by atoms with Crippen molar-refractivity contribution in [1.29, 1.82) is 0 Å². The molecule has 1 atom stereocenters. The van der Waals surface area contributed by atoms with Gasteiger partial charge in [0, 0.05) is 21.6 Å². The predicted octanol–water partition coefficient (Wildman–Crippen LogP) is 4.79. The van der Waals surface area contributed by atoms with Gasteiger partial charge in [-0.2, -0.15) is 0 Å². The fourth-order valence-corrected chi connectivity index (χ4v) is 3.47.